The van der Waals surface area contributed by atoms with Gasteiger partial charge >= 0.3 is 5.69 Å². The summed E-state index contributed by atoms with van der Waals surface area (Å²) in [4.78, 5) is 28.4. The molecule has 1 aromatic heterocycles. The van der Waals surface area contributed by atoms with E-state index in [2.05, 4.69) is 9.97 Å². The first kappa shape index (κ1) is 12.5. The fraction of sp³-hybridized carbons (Fsp3) is 0. The molecule has 96 valence electrons. The number of phenolic OH excluding ortho intramolecular Hbond substituents is 1. The lowest BCUT2D eigenvalue weighted by molar-refractivity contribution is -0.385. The van der Waals surface area contributed by atoms with E-state index in [1.807, 2.05) is 0 Å². The fourth-order valence-electron chi connectivity index (χ4n) is 1.49. The van der Waals surface area contributed by atoms with Crippen molar-refractivity contribution in [2.45, 2.75) is 0 Å². The van der Waals surface area contributed by atoms with Gasteiger partial charge in [0.15, 0.2) is 5.78 Å². The summed E-state index contributed by atoms with van der Waals surface area (Å²) in [7, 11) is 0. The van der Waals surface area contributed by atoms with Crippen LogP contribution in [-0.2, 0) is 0 Å². The Bertz CT molecular complexity index is 647. The summed E-state index contributed by atoms with van der Waals surface area (Å²) in [6.07, 6.45) is 5.71. The van der Waals surface area contributed by atoms with Crippen molar-refractivity contribution < 1.29 is 14.8 Å². The van der Waals surface area contributed by atoms with E-state index in [0.29, 0.717) is 5.82 Å². The van der Waals surface area contributed by atoms with Crippen molar-refractivity contribution in [1.29, 1.82) is 0 Å². The molecule has 7 heteroatoms. The van der Waals surface area contributed by atoms with Crippen molar-refractivity contribution in [3.63, 3.8) is 0 Å². The Balaban J connectivity index is 2.29. The average Bonchev–Trinajstić information content (AvgIpc) is 2.89. The van der Waals surface area contributed by atoms with E-state index in [-0.39, 0.29) is 5.56 Å². The number of ketones is 1. The molecule has 0 aliphatic rings. The first-order chi connectivity index (χ1) is 9.09. The number of carbonyl (C=O) groups is 1. The number of nitrogens with one attached hydrogen (secondary N) is 1. The Morgan fingerprint density at radius 1 is 1.47 bits per heavy atom. The highest BCUT2D eigenvalue weighted by atomic mass is 16.6. The number of nitro groups is 1. The molecule has 0 unspecified atom stereocenters. The van der Waals surface area contributed by atoms with Crippen LogP contribution in [0.15, 0.2) is 36.7 Å². The molecule has 0 saturated heterocycles. The molecule has 2 N–H and O–H groups in total. The Labute approximate surface area is 107 Å². The van der Waals surface area contributed by atoms with Crippen molar-refractivity contribution in [2.75, 3.05) is 0 Å². The number of para-hydroxylation sites is 1. The number of H-pyrrole nitrogens is 1. The summed E-state index contributed by atoms with van der Waals surface area (Å²) in [5.74, 6) is -0.711. The quantitative estimate of drug-likeness (QED) is 0.377. The molecule has 19 heavy (non-hydrogen) atoms. The van der Waals surface area contributed by atoms with Crippen LogP contribution in [0.3, 0.4) is 0 Å². The molecular weight excluding hydrogens is 250 g/mol. The molecule has 0 aliphatic carbocycles. The van der Waals surface area contributed by atoms with Gasteiger partial charge in [0.25, 0.3) is 0 Å². The number of benzene rings is 1. The fourth-order valence-corrected chi connectivity index (χ4v) is 1.49. The molecule has 2 aromatic rings. The molecular formula is C12H9N3O4. The summed E-state index contributed by atoms with van der Waals surface area (Å²) in [5.41, 5.74) is -0.630. The summed E-state index contributed by atoms with van der Waals surface area (Å²) in [6.45, 7) is 0. The average molecular weight is 259 g/mol. The van der Waals surface area contributed by atoms with E-state index in [9.17, 15) is 20.0 Å². The van der Waals surface area contributed by atoms with Gasteiger partial charge in [-0.1, -0.05) is 6.07 Å². The maximum absolute atomic E-state index is 11.8. The minimum Gasteiger partial charge on any atom is -0.502 e. The van der Waals surface area contributed by atoms with Gasteiger partial charge in [0.2, 0.25) is 5.75 Å². The van der Waals surface area contributed by atoms with Crippen LogP contribution in [0.25, 0.3) is 6.08 Å². The number of aromatic hydroxyl groups is 1. The third-order valence-corrected chi connectivity index (χ3v) is 2.39. The molecule has 0 bridgehead atoms. The lowest BCUT2D eigenvalue weighted by Gasteiger charge is -2.00. The number of carbonyl (C=O) groups excluding carboxylic acids is 1. The van der Waals surface area contributed by atoms with E-state index in [1.165, 1.54) is 30.5 Å². The van der Waals surface area contributed by atoms with Crippen LogP contribution in [-0.4, -0.2) is 25.8 Å². The summed E-state index contributed by atoms with van der Waals surface area (Å²) in [6, 6.07) is 3.78. The molecule has 2 rings (SSSR count). The normalized spacial score (nSPS) is 10.7. The van der Waals surface area contributed by atoms with Gasteiger partial charge in [-0.05, 0) is 18.2 Å². The van der Waals surface area contributed by atoms with E-state index >= 15 is 0 Å². The van der Waals surface area contributed by atoms with E-state index < -0.39 is 22.1 Å². The number of nitro benzene ring substituents is 1. The van der Waals surface area contributed by atoms with Crippen LogP contribution in [0.1, 0.15) is 16.2 Å². The maximum atomic E-state index is 11.8. The van der Waals surface area contributed by atoms with Gasteiger partial charge in [0.05, 0.1) is 10.5 Å². The molecule has 0 fully saturated rings. The van der Waals surface area contributed by atoms with E-state index in [0.717, 1.165) is 6.07 Å². The lowest BCUT2D eigenvalue weighted by Crippen LogP contribution is -1.98. The highest BCUT2D eigenvalue weighted by Gasteiger charge is 2.19. The minimum atomic E-state index is -0.748. The third kappa shape index (κ3) is 2.65. The number of allylic oxidation sites excluding steroid dienone is 1. The van der Waals surface area contributed by atoms with Crippen LogP contribution in [0.2, 0.25) is 0 Å². The second kappa shape index (κ2) is 5.13. The number of rotatable bonds is 4. The highest BCUT2D eigenvalue weighted by molar-refractivity contribution is 6.09. The zero-order valence-electron chi connectivity index (χ0n) is 9.61. The molecule has 0 radical (unpaired) electrons. The number of hydrogen-bond acceptors (Lipinski definition) is 5. The molecule has 1 aromatic carbocycles. The smallest absolute Gasteiger partial charge is 0.311 e. The van der Waals surface area contributed by atoms with Gasteiger partial charge in [-0.25, -0.2) is 4.98 Å². The molecule has 0 atom stereocenters. The van der Waals surface area contributed by atoms with Gasteiger partial charge in [-0.15, -0.1) is 0 Å². The second-order valence-corrected chi connectivity index (χ2v) is 3.60. The van der Waals surface area contributed by atoms with Crippen molar-refractivity contribution in [3.05, 3.63) is 58.2 Å². The van der Waals surface area contributed by atoms with Crippen molar-refractivity contribution >= 4 is 17.5 Å². The number of nitrogens with zero attached hydrogens (tertiary/aromatic N) is 2. The predicted octanol–water partition coefficient (Wildman–Crippen LogP) is 1.92. The minimum absolute atomic E-state index is 0.128. The van der Waals surface area contributed by atoms with Gasteiger partial charge in [0, 0.05) is 18.5 Å². The van der Waals surface area contributed by atoms with Gasteiger partial charge < -0.3 is 10.1 Å². The molecule has 0 amide bonds. The Kier molecular flexibility index (Phi) is 3.37. The molecule has 0 saturated carbocycles. The topological polar surface area (TPSA) is 109 Å². The summed E-state index contributed by atoms with van der Waals surface area (Å²) in [5, 5.41) is 20.3. The summed E-state index contributed by atoms with van der Waals surface area (Å²) >= 11 is 0. The third-order valence-electron chi connectivity index (χ3n) is 2.39. The largest absolute Gasteiger partial charge is 0.502 e. The number of hydrogen-bond donors (Lipinski definition) is 2. The lowest BCUT2D eigenvalue weighted by atomic mass is 10.1. The Hall–Kier alpha value is -2.96. The predicted molar refractivity (Wildman–Crippen MR) is 66.7 cm³/mol. The SMILES string of the molecule is O=C(C=Cc1ncc[nH]1)c1cccc([N+](=O)[O-])c1O. The van der Waals surface area contributed by atoms with Crippen LogP contribution < -0.4 is 0 Å². The molecule has 0 spiro atoms. The first-order valence-corrected chi connectivity index (χ1v) is 5.28. The van der Waals surface area contributed by atoms with Crippen LogP contribution in [0.4, 0.5) is 5.69 Å². The summed E-state index contributed by atoms with van der Waals surface area (Å²) < 4.78 is 0. The number of aromatic nitrogens is 2. The van der Waals surface area contributed by atoms with Gasteiger partial charge in [-0.2, -0.15) is 0 Å². The molecule has 0 aliphatic heterocycles. The zero-order valence-corrected chi connectivity index (χ0v) is 9.61. The maximum Gasteiger partial charge on any atom is 0.311 e. The number of imidazole rings is 1. The van der Waals surface area contributed by atoms with Crippen molar-refractivity contribution in [2.24, 2.45) is 0 Å². The van der Waals surface area contributed by atoms with Crippen molar-refractivity contribution in [1.82, 2.24) is 9.97 Å². The Morgan fingerprint density at radius 2 is 2.26 bits per heavy atom. The first-order valence-electron chi connectivity index (χ1n) is 5.28. The highest BCUT2D eigenvalue weighted by Crippen LogP contribution is 2.29. The Morgan fingerprint density at radius 3 is 2.89 bits per heavy atom. The van der Waals surface area contributed by atoms with Crippen LogP contribution in [0.5, 0.6) is 5.75 Å². The van der Waals surface area contributed by atoms with Crippen LogP contribution in [0, 0.1) is 10.1 Å². The molecule has 1 heterocycles. The van der Waals surface area contributed by atoms with Gasteiger partial charge in [0.1, 0.15) is 5.82 Å². The zero-order chi connectivity index (χ0) is 13.8. The monoisotopic (exact) mass is 259 g/mol. The van der Waals surface area contributed by atoms with E-state index in [1.54, 1.807) is 6.20 Å². The standard InChI is InChI=1S/C12H9N3O4/c16-10(4-5-11-13-6-7-14-11)8-2-1-3-9(12(8)17)15(18)19/h1-7,17H,(H,13,14). The van der Waals surface area contributed by atoms with Crippen LogP contribution >= 0.6 is 0 Å². The number of aromatic amines is 1. The van der Waals surface area contributed by atoms with Crippen molar-refractivity contribution in [3.8, 4) is 5.75 Å². The molecule has 7 nitrogen and oxygen atoms in total. The van der Waals surface area contributed by atoms with E-state index in [4.69, 9.17) is 0 Å². The van der Waals surface area contributed by atoms with Gasteiger partial charge in [-0.3, -0.25) is 14.9 Å². The number of phenols is 1. The second-order valence-electron chi connectivity index (χ2n) is 3.60.